The molecule has 5 heteroatoms. The zero-order chi connectivity index (χ0) is 13.0. The van der Waals surface area contributed by atoms with Crippen molar-refractivity contribution in [2.75, 3.05) is 23.3 Å². The summed E-state index contributed by atoms with van der Waals surface area (Å²) in [6.07, 6.45) is 4.49. The van der Waals surface area contributed by atoms with Crippen molar-refractivity contribution >= 4 is 17.4 Å². The number of anilines is 2. The number of hydrogen-bond acceptors (Lipinski definition) is 4. The third-order valence-electron chi connectivity index (χ3n) is 2.97. The first-order chi connectivity index (χ1) is 8.65. The number of nitrogens with two attached hydrogens (primary N) is 1. The van der Waals surface area contributed by atoms with Gasteiger partial charge in [0.05, 0.1) is 11.9 Å². The summed E-state index contributed by atoms with van der Waals surface area (Å²) in [4.78, 5) is 18.2. The average molecular weight is 248 g/mol. The lowest BCUT2D eigenvalue weighted by Crippen LogP contribution is -2.24. The Morgan fingerprint density at radius 3 is 2.78 bits per heavy atom. The monoisotopic (exact) mass is 248 g/mol. The third kappa shape index (κ3) is 3.43. The summed E-state index contributed by atoms with van der Waals surface area (Å²) >= 11 is 0. The lowest BCUT2D eigenvalue weighted by molar-refractivity contribution is -0.116. The van der Waals surface area contributed by atoms with Gasteiger partial charge in [0.2, 0.25) is 5.91 Å². The average Bonchev–Trinajstić information content (AvgIpc) is 2.82. The van der Waals surface area contributed by atoms with Crippen LogP contribution in [-0.4, -0.2) is 30.0 Å². The Balaban J connectivity index is 1.93. The van der Waals surface area contributed by atoms with E-state index in [0.717, 1.165) is 24.6 Å². The van der Waals surface area contributed by atoms with Crippen molar-refractivity contribution in [2.45, 2.75) is 32.2 Å². The van der Waals surface area contributed by atoms with Gasteiger partial charge in [-0.3, -0.25) is 4.79 Å². The Morgan fingerprint density at radius 1 is 1.50 bits per heavy atom. The lowest BCUT2D eigenvalue weighted by atomic mass is 10.2. The maximum absolute atomic E-state index is 11.5. The molecule has 2 heterocycles. The number of pyridine rings is 1. The summed E-state index contributed by atoms with van der Waals surface area (Å²) in [7, 11) is 0. The minimum Gasteiger partial charge on any atom is -0.357 e. The van der Waals surface area contributed by atoms with Gasteiger partial charge in [-0.2, -0.15) is 0 Å². The molecule has 1 atom stereocenters. The van der Waals surface area contributed by atoms with Crippen LogP contribution in [0.5, 0.6) is 0 Å². The number of aromatic nitrogens is 1. The number of nitrogens with one attached hydrogen (secondary N) is 1. The molecule has 0 aromatic carbocycles. The lowest BCUT2D eigenvalue weighted by Gasteiger charge is -2.16. The molecule has 5 nitrogen and oxygen atoms in total. The normalized spacial score (nSPS) is 16.7. The van der Waals surface area contributed by atoms with Crippen LogP contribution < -0.4 is 16.0 Å². The predicted molar refractivity (Wildman–Crippen MR) is 72.6 cm³/mol. The van der Waals surface area contributed by atoms with Crippen LogP contribution in [0.15, 0.2) is 18.3 Å². The standard InChI is InChI=1S/C13H20N4O/c1-10(14)8-13(18)16-11-4-5-12(15-9-11)17-6-2-3-7-17/h4-5,9-10H,2-3,6-8,14H2,1H3,(H,16,18). The Labute approximate surface area is 107 Å². The van der Waals surface area contributed by atoms with Crippen LogP contribution in [0.25, 0.3) is 0 Å². The van der Waals surface area contributed by atoms with Crippen LogP contribution in [0.4, 0.5) is 11.5 Å². The third-order valence-corrected chi connectivity index (χ3v) is 2.97. The molecule has 1 aliphatic rings. The highest BCUT2D eigenvalue weighted by molar-refractivity contribution is 5.90. The van der Waals surface area contributed by atoms with Gasteiger partial charge in [-0.15, -0.1) is 0 Å². The molecular weight excluding hydrogens is 228 g/mol. The van der Waals surface area contributed by atoms with E-state index in [-0.39, 0.29) is 11.9 Å². The summed E-state index contributed by atoms with van der Waals surface area (Å²) in [6.45, 7) is 3.96. The van der Waals surface area contributed by atoms with Gasteiger partial charge in [0.25, 0.3) is 0 Å². The van der Waals surface area contributed by atoms with E-state index < -0.39 is 0 Å². The van der Waals surface area contributed by atoms with Crippen molar-refractivity contribution in [3.05, 3.63) is 18.3 Å². The minimum absolute atomic E-state index is 0.0688. The van der Waals surface area contributed by atoms with E-state index in [2.05, 4.69) is 15.2 Å². The molecule has 0 aliphatic carbocycles. The predicted octanol–water partition coefficient (Wildman–Crippen LogP) is 1.36. The summed E-state index contributed by atoms with van der Waals surface area (Å²) in [5.74, 6) is 0.915. The highest BCUT2D eigenvalue weighted by Gasteiger charge is 2.13. The van der Waals surface area contributed by atoms with E-state index in [4.69, 9.17) is 5.73 Å². The molecule has 1 amide bonds. The molecule has 1 aromatic rings. The van der Waals surface area contributed by atoms with Crippen LogP contribution in [0.3, 0.4) is 0 Å². The highest BCUT2D eigenvalue weighted by atomic mass is 16.1. The molecule has 0 radical (unpaired) electrons. The maximum atomic E-state index is 11.5. The van der Waals surface area contributed by atoms with Crippen molar-refractivity contribution < 1.29 is 4.79 Å². The first-order valence-corrected chi connectivity index (χ1v) is 6.41. The summed E-state index contributed by atoms with van der Waals surface area (Å²) in [5.41, 5.74) is 6.30. The van der Waals surface area contributed by atoms with E-state index in [0.29, 0.717) is 6.42 Å². The van der Waals surface area contributed by atoms with Crippen molar-refractivity contribution in [1.29, 1.82) is 0 Å². The maximum Gasteiger partial charge on any atom is 0.225 e. The summed E-state index contributed by atoms with van der Waals surface area (Å²) in [5, 5.41) is 2.79. The SMILES string of the molecule is CC(N)CC(=O)Nc1ccc(N2CCCC2)nc1. The Morgan fingerprint density at radius 2 is 2.22 bits per heavy atom. The molecule has 98 valence electrons. The van der Waals surface area contributed by atoms with Gasteiger partial charge in [-0.05, 0) is 31.9 Å². The van der Waals surface area contributed by atoms with Crippen molar-refractivity contribution in [2.24, 2.45) is 5.73 Å². The van der Waals surface area contributed by atoms with Crippen molar-refractivity contribution in [1.82, 2.24) is 4.98 Å². The Bertz CT molecular complexity index is 396. The number of carbonyl (C=O) groups excluding carboxylic acids is 1. The van der Waals surface area contributed by atoms with Crippen molar-refractivity contribution in [3.63, 3.8) is 0 Å². The fraction of sp³-hybridized carbons (Fsp3) is 0.538. The van der Waals surface area contributed by atoms with Crippen LogP contribution in [0.1, 0.15) is 26.2 Å². The quantitative estimate of drug-likeness (QED) is 0.844. The molecule has 1 aliphatic heterocycles. The molecule has 0 bridgehead atoms. The Kier molecular flexibility index (Phi) is 4.15. The number of rotatable bonds is 4. The molecule has 3 N–H and O–H groups in total. The number of hydrogen-bond donors (Lipinski definition) is 2. The van der Waals surface area contributed by atoms with Crippen molar-refractivity contribution in [3.8, 4) is 0 Å². The first-order valence-electron chi connectivity index (χ1n) is 6.41. The summed E-state index contributed by atoms with van der Waals surface area (Å²) < 4.78 is 0. The smallest absolute Gasteiger partial charge is 0.225 e. The molecular formula is C13H20N4O. The fourth-order valence-electron chi connectivity index (χ4n) is 2.10. The second-order valence-corrected chi connectivity index (χ2v) is 4.83. The van der Waals surface area contributed by atoms with Crippen LogP contribution >= 0.6 is 0 Å². The van der Waals surface area contributed by atoms with Gasteiger partial charge in [0, 0.05) is 25.6 Å². The van der Waals surface area contributed by atoms with E-state index in [1.54, 1.807) is 6.20 Å². The zero-order valence-electron chi connectivity index (χ0n) is 10.7. The molecule has 1 saturated heterocycles. The molecule has 18 heavy (non-hydrogen) atoms. The van der Waals surface area contributed by atoms with Gasteiger partial charge in [0.15, 0.2) is 0 Å². The zero-order valence-corrected chi connectivity index (χ0v) is 10.7. The Hall–Kier alpha value is -1.62. The van der Waals surface area contributed by atoms with E-state index in [1.165, 1.54) is 12.8 Å². The molecule has 1 unspecified atom stereocenters. The molecule has 0 spiro atoms. The van der Waals surface area contributed by atoms with E-state index in [1.807, 2.05) is 19.1 Å². The van der Waals surface area contributed by atoms with Gasteiger partial charge in [0.1, 0.15) is 5.82 Å². The van der Waals surface area contributed by atoms with E-state index in [9.17, 15) is 4.79 Å². The van der Waals surface area contributed by atoms with Gasteiger partial charge < -0.3 is 16.0 Å². The van der Waals surface area contributed by atoms with Crippen LogP contribution in [0, 0.1) is 0 Å². The van der Waals surface area contributed by atoms with Gasteiger partial charge in [-0.25, -0.2) is 4.98 Å². The minimum atomic E-state index is -0.123. The molecule has 0 saturated carbocycles. The second-order valence-electron chi connectivity index (χ2n) is 4.83. The topological polar surface area (TPSA) is 71.2 Å². The highest BCUT2D eigenvalue weighted by Crippen LogP contribution is 2.19. The molecule has 1 fully saturated rings. The number of carbonyl (C=O) groups is 1. The molecule has 1 aromatic heterocycles. The number of nitrogens with zero attached hydrogens (tertiary/aromatic N) is 2. The van der Waals surface area contributed by atoms with Crippen LogP contribution in [-0.2, 0) is 4.79 Å². The number of amides is 1. The second kappa shape index (κ2) is 5.82. The first kappa shape index (κ1) is 12.8. The van der Waals surface area contributed by atoms with Crippen LogP contribution in [0.2, 0.25) is 0 Å². The van der Waals surface area contributed by atoms with Gasteiger partial charge in [-0.1, -0.05) is 0 Å². The largest absolute Gasteiger partial charge is 0.357 e. The van der Waals surface area contributed by atoms with E-state index >= 15 is 0 Å². The fourth-order valence-corrected chi connectivity index (χ4v) is 2.10. The summed E-state index contributed by atoms with van der Waals surface area (Å²) in [6, 6.07) is 3.72. The molecule has 2 rings (SSSR count). The van der Waals surface area contributed by atoms with Gasteiger partial charge >= 0.3 is 0 Å².